The number of para-hydroxylation sites is 1. The van der Waals surface area contributed by atoms with E-state index in [4.69, 9.17) is 4.74 Å². The summed E-state index contributed by atoms with van der Waals surface area (Å²) in [5.74, 6) is 2.03. The molecular formula is C23H34N2O2. The van der Waals surface area contributed by atoms with Crippen LogP contribution in [0.5, 0.6) is 5.75 Å². The second-order valence-electron chi connectivity index (χ2n) is 8.78. The second-order valence-corrected chi connectivity index (χ2v) is 8.78. The molecule has 1 saturated carbocycles. The van der Waals surface area contributed by atoms with Crippen LogP contribution < -0.4 is 4.74 Å². The molecule has 1 amide bonds. The minimum atomic E-state index is 0.331. The molecule has 3 aliphatic rings. The van der Waals surface area contributed by atoms with Gasteiger partial charge in [-0.05, 0) is 69.7 Å². The number of benzene rings is 1. The van der Waals surface area contributed by atoms with Gasteiger partial charge in [0.2, 0.25) is 5.91 Å². The van der Waals surface area contributed by atoms with Gasteiger partial charge >= 0.3 is 0 Å². The smallest absolute Gasteiger partial charge is 0.222 e. The molecule has 1 spiro atoms. The van der Waals surface area contributed by atoms with E-state index in [0.29, 0.717) is 23.7 Å². The highest BCUT2D eigenvalue weighted by Crippen LogP contribution is 2.48. The fourth-order valence-corrected chi connectivity index (χ4v) is 5.62. The van der Waals surface area contributed by atoms with E-state index in [1.165, 1.54) is 50.8 Å². The molecule has 2 heterocycles. The van der Waals surface area contributed by atoms with Crippen LogP contribution in [0.1, 0.15) is 63.9 Å². The van der Waals surface area contributed by atoms with Crippen LogP contribution in [-0.4, -0.2) is 54.5 Å². The standard InChI is InChI=1S/C23H34N2O2/c1-3-22(26)25-16-23(17-25)12-9-19(15-23)24-13-10-18(11-14-24)20-7-5-6-8-21(20)27-4-2/h5-8,18-19H,3-4,9-17H2,1-2H3/t19-/m1/s1. The van der Waals surface area contributed by atoms with Crippen molar-refractivity contribution in [2.45, 2.75) is 64.3 Å². The summed E-state index contributed by atoms with van der Waals surface area (Å²) < 4.78 is 5.86. The minimum Gasteiger partial charge on any atom is -0.494 e. The highest BCUT2D eigenvalue weighted by atomic mass is 16.5. The van der Waals surface area contributed by atoms with Crippen LogP contribution >= 0.6 is 0 Å². The topological polar surface area (TPSA) is 32.8 Å². The number of piperidine rings is 1. The molecular weight excluding hydrogens is 336 g/mol. The van der Waals surface area contributed by atoms with Crippen molar-refractivity contribution in [3.63, 3.8) is 0 Å². The number of nitrogens with zero attached hydrogens (tertiary/aromatic N) is 2. The Morgan fingerprint density at radius 2 is 1.89 bits per heavy atom. The maximum Gasteiger partial charge on any atom is 0.222 e. The maximum absolute atomic E-state index is 11.9. The molecule has 1 atom stereocenters. The van der Waals surface area contributed by atoms with E-state index in [-0.39, 0.29) is 0 Å². The van der Waals surface area contributed by atoms with E-state index in [0.717, 1.165) is 31.5 Å². The average molecular weight is 371 g/mol. The van der Waals surface area contributed by atoms with Crippen molar-refractivity contribution in [1.29, 1.82) is 0 Å². The third kappa shape index (κ3) is 3.73. The molecule has 0 unspecified atom stereocenters. The van der Waals surface area contributed by atoms with Gasteiger partial charge in [-0.25, -0.2) is 0 Å². The molecule has 1 aromatic rings. The number of carbonyl (C=O) groups excluding carboxylic acids is 1. The first-order chi connectivity index (χ1) is 13.1. The Morgan fingerprint density at radius 3 is 2.59 bits per heavy atom. The number of rotatable bonds is 5. The number of carbonyl (C=O) groups is 1. The van der Waals surface area contributed by atoms with Crippen LogP contribution in [0.25, 0.3) is 0 Å². The molecule has 0 aromatic heterocycles. The third-order valence-corrected chi connectivity index (χ3v) is 7.09. The van der Waals surface area contributed by atoms with Crippen molar-refractivity contribution in [3.8, 4) is 5.75 Å². The van der Waals surface area contributed by atoms with Crippen molar-refractivity contribution < 1.29 is 9.53 Å². The lowest BCUT2D eigenvalue weighted by atomic mass is 9.77. The monoisotopic (exact) mass is 370 g/mol. The number of likely N-dealkylation sites (tertiary alicyclic amines) is 2. The summed E-state index contributed by atoms with van der Waals surface area (Å²) in [6, 6.07) is 9.32. The quantitative estimate of drug-likeness (QED) is 0.784. The summed E-state index contributed by atoms with van der Waals surface area (Å²) in [5.41, 5.74) is 1.84. The van der Waals surface area contributed by atoms with Gasteiger partial charge in [0.05, 0.1) is 6.61 Å². The van der Waals surface area contributed by atoms with Crippen LogP contribution in [0.4, 0.5) is 0 Å². The van der Waals surface area contributed by atoms with Crippen molar-refractivity contribution in [3.05, 3.63) is 29.8 Å². The molecule has 0 bridgehead atoms. The predicted molar refractivity (Wildman–Crippen MR) is 108 cm³/mol. The summed E-state index contributed by atoms with van der Waals surface area (Å²) >= 11 is 0. The zero-order chi connectivity index (χ0) is 18.9. The normalized spacial score (nSPS) is 25.6. The summed E-state index contributed by atoms with van der Waals surface area (Å²) in [6.45, 7) is 9.18. The molecule has 3 fully saturated rings. The Labute approximate surface area is 163 Å². The summed E-state index contributed by atoms with van der Waals surface area (Å²) in [4.78, 5) is 16.7. The van der Waals surface area contributed by atoms with E-state index in [1.807, 2.05) is 6.92 Å². The minimum absolute atomic E-state index is 0.331. The van der Waals surface area contributed by atoms with Crippen LogP contribution in [0.3, 0.4) is 0 Å². The lowest BCUT2D eigenvalue weighted by Crippen LogP contribution is -2.57. The first kappa shape index (κ1) is 18.8. The van der Waals surface area contributed by atoms with Gasteiger partial charge in [0.1, 0.15) is 5.75 Å². The molecule has 0 radical (unpaired) electrons. The van der Waals surface area contributed by atoms with Gasteiger partial charge in [-0.15, -0.1) is 0 Å². The molecule has 27 heavy (non-hydrogen) atoms. The largest absolute Gasteiger partial charge is 0.494 e. The fraction of sp³-hybridized carbons (Fsp3) is 0.696. The zero-order valence-electron chi connectivity index (χ0n) is 17.0. The van der Waals surface area contributed by atoms with Gasteiger partial charge in [-0.3, -0.25) is 4.79 Å². The first-order valence-electron chi connectivity index (χ1n) is 10.9. The number of hydrogen-bond acceptors (Lipinski definition) is 3. The van der Waals surface area contributed by atoms with Crippen molar-refractivity contribution >= 4 is 5.91 Å². The van der Waals surface area contributed by atoms with Gasteiger partial charge in [0.25, 0.3) is 0 Å². The third-order valence-electron chi connectivity index (χ3n) is 7.09. The van der Waals surface area contributed by atoms with Crippen molar-refractivity contribution in [2.24, 2.45) is 5.41 Å². The lowest BCUT2D eigenvalue weighted by molar-refractivity contribution is -0.143. The van der Waals surface area contributed by atoms with E-state index in [9.17, 15) is 4.79 Å². The molecule has 148 valence electrons. The number of amides is 1. The fourth-order valence-electron chi connectivity index (χ4n) is 5.62. The van der Waals surface area contributed by atoms with E-state index >= 15 is 0 Å². The summed E-state index contributed by atoms with van der Waals surface area (Å²) in [7, 11) is 0. The highest BCUT2D eigenvalue weighted by molar-refractivity contribution is 5.76. The van der Waals surface area contributed by atoms with E-state index in [1.54, 1.807) is 0 Å². The Kier molecular flexibility index (Phi) is 5.45. The Hall–Kier alpha value is -1.55. The zero-order valence-corrected chi connectivity index (χ0v) is 17.0. The van der Waals surface area contributed by atoms with Gasteiger partial charge in [-0.1, -0.05) is 25.1 Å². The average Bonchev–Trinajstić information content (AvgIpc) is 3.13. The molecule has 1 aliphatic carbocycles. The Bertz CT molecular complexity index is 660. The molecule has 2 aliphatic heterocycles. The maximum atomic E-state index is 11.9. The number of ether oxygens (including phenoxy) is 1. The predicted octanol–water partition coefficient (Wildman–Crippen LogP) is 4.06. The molecule has 4 rings (SSSR count). The Balaban J connectivity index is 1.30. The Morgan fingerprint density at radius 1 is 1.15 bits per heavy atom. The molecule has 0 N–H and O–H groups in total. The van der Waals surface area contributed by atoms with Gasteiger partial charge in [-0.2, -0.15) is 0 Å². The van der Waals surface area contributed by atoms with Crippen molar-refractivity contribution in [2.75, 3.05) is 32.8 Å². The molecule has 1 aromatic carbocycles. The van der Waals surface area contributed by atoms with E-state index < -0.39 is 0 Å². The highest BCUT2D eigenvalue weighted by Gasteiger charge is 2.50. The van der Waals surface area contributed by atoms with Crippen LogP contribution in [-0.2, 0) is 4.79 Å². The lowest BCUT2D eigenvalue weighted by Gasteiger charge is -2.49. The van der Waals surface area contributed by atoms with E-state index in [2.05, 4.69) is 41.0 Å². The molecule has 2 saturated heterocycles. The van der Waals surface area contributed by atoms with Crippen LogP contribution in [0, 0.1) is 5.41 Å². The van der Waals surface area contributed by atoms with Gasteiger partial charge in [0, 0.05) is 31.0 Å². The van der Waals surface area contributed by atoms with Crippen molar-refractivity contribution in [1.82, 2.24) is 9.80 Å². The summed E-state index contributed by atoms with van der Waals surface area (Å²) in [5, 5.41) is 0. The first-order valence-corrected chi connectivity index (χ1v) is 10.9. The summed E-state index contributed by atoms with van der Waals surface area (Å²) in [6.07, 6.45) is 7.02. The SMILES string of the molecule is CCOc1ccccc1C1CCN([C@@H]2CCC3(C2)CN(C(=O)CC)C3)CC1. The van der Waals surface area contributed by atoms with Gasteiger partial charge < -0.3 is 14.5 Å². The van der Waals surface area contributed by atoms with Crippen LogP contribution in [0.15, 0.2) is 24.3 Å². The second kappa shape index (κ2) is 7.83. The molecule has 4 heteroatoms. The molecule has 4 nitrogen and oxygen atoms in total. The van der Waals surface area contributed by atoms with Crippen LogP contribution in [0.2, 0.25) is 0 Å². The van der Waals surface area contributed by atoms with Gasteiger partial charge in [0.15, 0.2) is 0 Å². The number of hydrogen-bond donors (Lipinski definition) is 0.